The van der Waals surface area contributed by atoms with E-state index in [0.717, 1.165) is 5.56 Å². The maximum absolute atomic E-state index is 12.4. The molecule has 0 bridgehead atoms. The van der Waals surface area contributed by atoms with Crippen LogP contribution in [0.3, 0.4) is 0 Å². The topological polar surface area (TPSA) is 59.2 Å². The lowest BCUT2D eigenvalue weighted by Gasteiger charge is -2.24. The molecule has 1 rings (SSSR count). The SMILES string of the molecule is Cc1cncc(C(=O)N(CCC(N)=S)CC(C)C)c1. The molecule has 1 aromatic rings. The third-order valence-corrected chi connectivity index (χ3v) is 2.83. The molecule has 0 saturated carbocycles. The Morgan fingerprint density at radius 1 is 1.47 bits per heavy atom. The van der Waals surface area contributed by atoms with Crippen LogP contribution in [0.25, 0.3) is 0 Å². The lowest BCUT2D eigenvalue weighted by Crippen LogP contribution is -2.36. The quantitative estimate of drug-likeness (QED) is 0.811. The summed E-state index contributed by atoms with van der Waals surface area (Å²) in [7, 11) is 0. The van der Waals surface area contributed by atoms with Crippen molar-refractivity contribution in [2.75, 3.05) is 13.1 Å². The fraction of sp³-hybridized carbons (Fsp3) is 0.500. The highest BCUT2D eigenvalue weighted by Gasteiger charge is 2.17. The number of hydrogen-bond donors (Lipinski definition) is 1. The first-order valence-corrected chi connectivity index (χ1v) is 6.80. The van der Waals surface area contributed by atoms with Crippen molar-refractivity contribution in [2.24, 2.45) is 11.7 Å². The van der Waals surface area contributed by atoms with Gasteiger partial charge in [-0.15, -0.1) is 0 Å². The van der Waals surface area contributed by atoms with Crippen LogP contribution in [-0.2, 0) is 0 Å². The van der Waals surface area contributed by atoms with Crippen molar-refractivity contribution in [2.45, 2.75) is 27.2 Å². The van der Waals surface area contributed by atoms with Crippen LogP contribution in [0.5, 0.6) is 0 Å². The van der Waals surface area contributed by atoms with Crippen LogP contribution in [0.4, 0.5) is 0 Å². The highest BCUT2D eigenvalue weighted by Crippen LogP contribution is 2.09. The number of carbonyl (C=O) groups excluding carboxylic acids is 1. The van der Waals surface area contributed by atoms with Gasteiger partial charge in [0.25, 0.3) is 5.91 Å². The smallest absolute Gasteiger partial charge is 0.255 e. The van der Waals surface area contributed by atoms with Crippen LogP contribution in [0.2, 0.25) is 0 Å². The second-order valence-electron chi connectivity index (χ2n) is 5.11. The van der Waals surface area contributed by atoms with Gasteiger partial charge in [0.05, 0.1) is 10.6 Å². The van der Waals surface area contributed by atoms with Crippen LogP contribution >= 0.6 is 12.2 Å². The van der Waals surface area contributed by atoms with E-state index in [9.17, 15) is 4.79 Å². The summed E-state index contributed by atoms with van der Waals surface area (Å²) in [5, 5.41) is 0. The number of hydrogen-bond acceptors (Lipinski definition) is 3. The first-order chi connectivity index (χ1) is 8.90. The van der Waals surface area contributed by atoms with Crippen molar-refractivity contribution in [1.29, 1.82) is 0 Å². The molecule has 0 atom stereocenters. The van der Waals surface area contributed by atoms with E-state index >= 15 is 0 Å². The fourth-order valence-electron chi connectivity index (χ4n) is 1.82. The Hall–Kier alpha value is -1.49. The Bertz CT molecular complexity index is 460. The number of amides is 1. The summed E-state index contributed by atoms with van der Waals surface area (Å²) >= 11 is 4.88. The molecule has 0 unspecified atom stereocenters. The van der Waals surface area contributed by atoms with E-state index in [0.29, 0.717) is 36.0 Å². The van der Waals surface area contributed by atoms with E-state index in [2.05, 4.69) is 18.8 Å². The minimum atomic E-state index is -0.0128. The van der Waals surface area contributed by atoms with Gasteiger partial charge in [-0.25, -0.2) is 0 Å². The lowest BCUT2D eigenvalue weighted by atomic mass is 10.1. The second-order valence-corrected chi connectivity index (χ2v) is 5.64. The summed E-state index contributed by atoms with van der Waals surface area (Å²) in [6.07, 6.45) is 3.88. The average Bonchev–Trinajstić information content (AvgIpc) is 2.33. The molecule has 0 aliphatic carbocycles. The number of aryl methyl sites for hydroxylation is 1. The second kappa shape index (κ2) is 7.19. The molecular weight excluding hydrogens is 258 g/mol. The number of pyridine rings is 1. The maximum Gasteiger partial charge on any atom is 0.255 e. The van der Waals surface area contributed by atoms with Gasteiger partial charge in [0.2, 0.25) is 0 Å². The van der Waals surface area contributed by atoms with Crippen LogP contribution < -0.4 is 5.73 Å². The van der Waals surface area contributed by atoms with Crippen molar-refractivity contribution < 1.29 is 4.79 Å². The Kier molecular flexibility index (Phi) is 5.89. The molecule has 0 fully saturated rings. The van der Waals surface area contributed by atoms with Gasteiger partial charge in [-0.1, -0.05) is 26.1 Å². The van der Waals surface area contributed by atoms with Gasteiger partial charge in [-0.05, 0) is 24.5 Å². The first kappa shape index (κ1) is 15.6. The third-order valence-electron chi connectivity index (χ3n) is 2.62. The molecule has 2 N–H and O–H groups in total. The van der Waals surface area contributed by atoms with Crippen LogP contribution in [0.15, 0.2) is 18.5 Å². The molecule has 0 radical (unpaired) electrons. The zero-order chi connectivity index (χ0) is 14.4. The van der Waals surface area contributed by atoms with E-state index < -0.39 is 0 Å². The molecule has 1 amide bonds. The normalized spacial score (nSPS) is 10.5. The predicted octanol–water partition coefficient (Wildman–Crippen LogP) is 2.16. The molecule has 1 aromatic heterocycles. The van der Waals surface area contributed by atoms with Gasteiger partial charge in [0, 0.05) is 31.9 Å². The highest BCUT2D eigenvalue weighted by atomic mass is 32.1. The van der Waals surface area contributed by atoms with Gasteiger partial charge in [-0.2, -0.15) is 0 Å². The monoisotopic (exact) mass is 279 g/mol. The molecule has 0 aromatic carbocycles. The molecule has 1 heterocycles. The number of thiocarbonyl (C=S) groups is 1. The Morgan fingerprint density at radius 3 is 2.68 bits per heavy atom. The Labute approximate surface area is 120 Å². The maximum atomic E-state index is 12.4. The summed E-state index contributed by atoms with van der Waals surface area (Å²) in [6, 6.07) is 1.85. The number of nitrogens with two attached hydrogens (primary N) is 1. The Morgan fingerprint density at radius 2 is 2.16 bits per heavy atom. The molecule has 5 heteroatoms. The van der Waals surface area contributed by atoms with Crippen LogP contribution in [-0.4, -0.2) is 33.9 Å². The minimum Gasteiger partial charge on any atom is -0.393 e. The summed E-state index contributed by atoms with van der Waals surface area (Å²) in [5.74, 6) is 0.384. The van der Waals surface area contributed by atoms with Gasteiger partial charge in [-0.3, -0.25) is 9.78 Å². The van der Waals surface area contributed by atoms with E-state index in [1.165, 1.54) is 0 Å². The van der Waals surface area contributed by atoms with Gasteiger partial charge >= 0.3 is 0 Å². The van der Waals surface area contributed by atoms with Crippen molar-refractivity contribution in [3.05, 3.63) is 29.6 Å². The van der Waals surface area contributed by atoms with E-state index in [-0.39, 0.29) is 5.91 Å². The summed E-state index contributed by atoms with van der Waals surface area (Å²) in [5.41, 5.74) is 7.11. The summed E-state index contributed by atoms with van der Waals surface area (Å²) < 4.78 is 0. The number of aromatic nitrogens is 1. The predicted molar refractivity (Wildman–Crippen MR) is 81.1 cm³/mol. The van der Waals surface area contributed by atoms with Crippen LogP contribution in [0.1, 0.15) is 36.2 Å². The zero-order valence-corrected chi connectivity index (χ0v) is 12.5. The van der Waals surface area contributed by atoms with E-state index in [1.807, 2.05) is 13.0 Å². The van der Waals surface area contributed by atoms with Crippen molar-refractivity contribution in [3.8, 4) is 0 Å². The standard InChI is InChI=1S/C14H21N3OS/c1-10(2)9-17(5-4-13(15)19)14(18)12-6-11(3)7-16-8-12/h6-8,10H,4-5,9H2,1-3H3,(H2,15,19). The molecular formula is C14H21N3OS. The van der Waals surface area contributed by atoms with Crippen molar-refractivity contribution >= 4 is 23.1 Å². The molecule has 0 spiro atoms. The zero-order valence-electron chi connectivity index (χ0n) is 11.7. The van der Waals surface area contributed by atoms with Gasteiger partial charge < -0.3 is 10.6 Å². The first-order valence-electron chi connectivity index (χ1n) is 6.39. The van der Waals surface area contributed by atoms with Crippen molar-refractivity contribution in [3.63, 3.8) is 0 Å². The van der Waals surface area contributed by atoms with Gasteiger partial charge in [0.15, 0.2) is 0 Å². The number of carbonyl (C=O) groups is 1. The number of nitrogens with zero attached hydrogens (tertiary/aromatic N) is 2. The van der Waals surface area contributed by atoms with E-state index in [4.69, 9.17) is 18.0 Å². The molecule has 104 valence electrons. The largest absolute Gasteiger partial charge is 0.393 e. The van der Waals surface area contributed by atoms with Crippen LogP contribution in [0, 0.1) is 12.8 Å². The number of rotatable bonds is 6. The summed E-state index contributed by atoms with van der Waals surface area (Å²) in [6.45, 7) is 7.33. The highest BCUT2D eigenvalue weighted by molar-refractivity contribution is 7.80. The minimum absolute atomic E-state index is 0.0128. The fourth-order valence-corrected chi connectivity index (χ4v) is 1.91. The molecule has 0 saturated heterocycles. The molecule has 0 aliphatic rings. The molecule has 19 heavy (non-hydrogen) atoms. The van der Waals surface area contributed by atoms with Crippen molar-refractivity contribution in [1.82, 2.24) is 9.88 Å². The summed E-state index contributed by atoms with van der Waals surface area (Å²) in [4.78, 5) is 18.7. The molecule has 4 nitrogen and oxygen atoms in total. The van der Waals surface area contributed by atoms with E-state index in [1.54, 1.807) is 17.3 Å². The third kappa shape index (κ3) is 5.34. The Balaban J connectivity index is 2.83. The molecule has 0 aliphatic heterocycles. The van der Waals surface area contributed by atoms with Gasteiger partial charge in [0.1, 0.15) is 0 Å². The lowest BCUT2D eigenvalue weighted by molar-refractivity contribution is 0.0740. The average molecular weight is 279 g/mol.